The highest BCUT2D eigenvalue weighted by Gasteiger charge is 2.51. The van der Waals surface area contributed by atoms with Crippen LogP contribution in [-0.2, 0) is 8.85 Å². The maximum Gasteiger partial charge on any atom is 0.261 e. The average molecular weight is 744 g/mol. The van der Waals surface area contributed by atoms with Gasteiger partial charge in [0.15, 0.2) is 5.13 Å². The second-order valence-corrected chi connectivity index (χ2v) is 25.0. The van der Waals surface area contributed by atoms with Crippen LogP contribution in [0.25, 0.3) is 0 Å². The van der Waals surface area contributed by atoms with Crippen LogP contribution in [0.4, 0.5) is 5.13 Å². The summed E-state index contributed by atoms with van der Waals surface area (Å²) in [6.45, 7) is 16.5. The molecule has 0 aliphatic rings. The second kappa shape index (κ2) is 15.1. The Hall–Kier alpha value is -2.86. The number of hydrogen-bond acceptors (Lipinski definition) is 5. The van der Waals surface area contributed by atoms with Gasteiger partial charge in [-0.3, -0.25) is 0 Å². The number of rotatable bonds is 13. The molecule has 5 aromatic rings. The molecule has 47 heavy (non-hydrogen) atoms. The molecule has 0 aliphatic carbocycles. The van der Waals surface area contributed by atoms with Gasteiger partial charge in [-0.15, -0.1) is 0 Å². The van der Waals surface area contributed by atoms with Crippen molar-refractivity contribution in [3.8, 4) is 0 Å². The largest absolute Gasteiger partial charge is 0.406 e. The zero-order valence-electron chi connectivity index (χ0n) is 28.4. The number of nitrogens with zero attached hydrogens (tertiary/aromatic N) is 2. The SMILES string of the molecule is CC(C)(C)[Si](OCCN(CCO[Si](c1ccccc1)(c1ccccc1)C(C)(C)C)c1ncc(Br)s1)(c1ccccc1)c1ccccc1. The highest BCUT2D eigenvalue weighted by atomic mass is 79.9. The smallest absolute Gasteiger partial charge is 0.261 e. The van der Waals surface area contributed by atoms with E-state index in [1.165, 1.54) is 20.7 Å². The molecule has 8 heteroatoms. The number of benzene rings is 4. The minimum absolute atomic E-state index is 0.0862. The Labute approximate surface area is 296 Å². The molecule has 0 bridgehead atoms. The van der Waals surface area contributed by atoms with Crippen LogP contribution in [-0.4, -0.2) is 47.9 Å². The Morgan fingerprint density at radius 1 is 0.574 bits per heavy atom. The molecule has 0 radical (unpaired) electrons. The first-order valence-corrected chi connectivity index (χ1v) is 21.8. The van der Waals surface area contributed by atoms with E-state index in [0.717, 1.165) is 8.92 Å². The van der Waals surface area contributed by atoms with Gasteiger partial charge >= 0.3 is 0 Å². The molecule has 0 atom stereocenters. The van der Waals surface area contributed by atoms with Gasteiger partial charge < -0.3 is 13.8 Å². The zero-order chi connectivity index (χ0) is 33.5. The molecule has 0 saturated heterocycles. The standard InChI is InChI=1S/C39H47BrN2O2SSi2/c1-38(2,3)46(32-19-11-7-12-20-32,33-21-13-8-14-22-33)43-29-27-42(37-41-31-36(40)45-37)28-30-44-47(39(4,5)6,34-23-15-9-16-24-34)35-25-17-10-18-26-35/h7-26,31H,27-30H2,1-6H3. The van der Waals surface area contributed by atoms with Crippen molar-refractivity contribution in [1.29, 1.82) is 0 Å². The molecule has 4 aromatic carbocycles. The van der Waals surface area contributed by atoms with Gasteiger partial charge in [-0.25, -0.2) is 4.98 Å². The molecule has 4 nitrogen and oxygen atoms in total. The minimum atomic E-state index is -2.66. The Bertz CT molecular complexity index is 1490. The van der Waals surface area contributed by atoms with Crippen LogP contribution in [0.1, 0.15) is 41.5 Å². The molecular weight excluding hydrogens is 697 g/mol. The van der Waals surface area contributed by atoms with E-state index in [4.69, 9.17) is 13.8 Å². The summed E-state index contributed by atoms with van der Waals surface area (Å²) in [7, 11) is -5.33. The van der Waals surface area contributed by atoms with Crippen LogP contribution >= 0.6 is 27.3 Å². The summed E-state index contributed by atoms with van der Waals surface area (Å²) >= 11 is 5.31. The molecule has 1 heterocycles. The van der Waals surface area contributed by atoms with E-state index in [9.17, 15) is 0 Å². The van der Waals surface area contributed by atoms with Crippen LogP contribution in [0, 0.1) is 0 Å². The highest BCUT2D eigenvalue weighted by molar-refractivity contribution is 9.11. The van der Waals surface area contributed by atoms with Crippen LogP contribution in [0.3, 0.4) is 0 Å². The average Bonchev–Trinajstić information content (AvgIpc) is 3.50. The van der Waals surface area contributed by atoms with Crippen molar-refractivity contribution < 1.29 is 8.85 Å². The van der Waals surface area contributed by atoms with E-state index in [0.29, 0.717) is 26.3 Å². The van der Waals surface area contributed by atoms with Gasteiger partial charge in [0.05, 0.1) is 23.2 Å². The number of hydrogen-bond donors (Lipinski definition) is 0. The van der Waals surface area contributed by atoms with E-state index in [-0.39, 0.29) is 10.1 Å². The number of anilines is 1. The zero-order valence-corrected chi connectivity index (χ0v) is 32.9. The summed E-state index contributed by atoms with van der Waals surface area (Å²) in [5, 5.41) is 5.95. The Balaban J connectivity index is 1.44. The second-order valence-electron chi connectivity index (χ2n) is 14.0. The van der Waals surface area contributed by atoms with Crippen molar-refractivity contribution in [2.75, 3.05) is 31.2 Å². The summed E-state index contributed by atoms with van der Waals surface area (Å²) in [6, 6.07) is 43.4. The number of thiazole rings is 1. The Morgan fingerprint density at radius 3 is 1.15 bits per heavy atom. The van der Waals surface area contributed by atoms with Crippen LogP contribution < -0.4 is 25.6 Å². The van der Waals surface area contributed by atoms with Crippen molar-refractivity contribution in [2.45, 2.75) is 51.6 Å². The van der Waals surface area contributed by atoms with Gasteiger partial charge in [-0.05, 0) is 46.8 Å². The fraction of sp³-hybridized carbons (Fsp3) is 0.308. The molecule has 0 amide bonds. The van der Waals surface area contributed by atoms with Crippen molar-refractivity contribution in [3.05, 3.63) is 131 Å². The predicted octanol–water partition coefficient (Wildman–Crippen LogP) is 7.87. The van der Waals surface area contributed by atoms with Gasteiger partial charge in [-0.1, -0.05) is 174 Å². The molecular formula is C39H47BrN2O2SSi2. The van der Waals surface area contributed by atoms with Crippen LogP contribution in [0.15, 0.2) is 131 Å². The normalized spacial score (nSPS) is 12.7. The molecule has 1 aromatic heterocycles. The lowest BCUT2D eigenvalue weighted by Gasteiger charge is -2.44. The molecule has 0 fully saturated rings. The minimum Gasteiger partial charge on any atom is -0.406 e. The molecule has 246 valence electrons. The van der Waals surface area contributed by atoms with Gasteiger partial charge in [0, 0.05) is 13.1 Å². The Kier molecular flexibility index (Phi) is 11.4. The topological polar surface area (TPSA) is 34.6 Å². The first-order chi connectivity index (χ1) is 22.5. The molecule has 5 rings (SSSR count). The molecule has 0 aliphatic heterocycles. The summed E-state index contributed by atoms with van der Waals surface area (Å²) < 4.78 is 15.6. The van der Waals surface area contributed by atoms with E-state index in [1.807, 2.05) is 6.20 Å². The third-order valence-corrected chi connectivity index (χ3v) is 20.6. The molecule has 0 spiro atoms. The van der Waals surface area contributed by atoms with E-state index < -0.39 is 16.6 Å². The Morgan fingerprint density at radius 2 is 0.894 bits per heavy atom. The van der Waals surface area contributed by atoms with Crippen LogP contribution in [0.5, 0.6) is 0 Å². The van der Waals surface area contributed by atoms with E-state index in [2.05, 4.69) is 184 Å². The quantitative estimate of drug-likeness (QED) is 0.115. The number of aromatic nitrogens is 1. The van der Waals surface area contributed by atoms with Crippen LogP contribution in [0.2, 0.25) is 10.1 Å². The van der Waals surface area contributed by atoms with E-state index >= 15 is 0 Å². The van der Waals surface area contributed by atoms with E-state index in [1.54, 1.807) is 11.3 Å². The van der Waals surface area contributed by atoms with Crippen molar-refractivity contribution in [1.82, 2.24) is 4.98 Å². The van der Waals surface area contributed by atoms with Crippen molar-refractivity contribution in [2.24, 2.45) is 0 Å². The molecule has 0 N–H and O–H groups in total. The lowest BCUT2D eigenvalue weighted by molar-refractivity contribution is 0.285. The van der Waals surface area contributed by atoms with Gasteiger partial charge in [-0.2, -0.15) is 0 Å². The maximum absolute atomic E-state index is 7.30. The lowest BCUT2D eigenvalue weighted by Crippen LogP contribution is -2.67. The maximum atomic E-state index is 7.30. The first-order valence-electron chi connectivity index (χ1n) is 16.4. The number of halogens is 1. The lowest BCUT2D eigenvalue weighted by atomic mass is 10.2. The van der Waals surface area contributed by atoms with Crippen molar-refractivity contribution in [3.63, 3.8) is 0 Å². The summed E-state index contributed by atoms with van der Waals surface area (Å²) in [6.07, 6.45) is 1.89. The summed E-state index contributed by atoms with van der Waals surface area (Å²) in [5.41, 5.74) is 0. The third-order valence-electron chi connectivity index (χ3n) is 8.93. The fourth-order valence-corrected chi connectivity index (χ4v) is 17.2. The van der Waals surface area contributed by atoms with Crippen molar-refractivity contribution >= 4 is 69.8 Å². The predicted molar refractivity (Wildman–Crippen MR) is 209 cm³/mol. The van der Waals surface area contributed by atoms with Gasteiger partial charge in [0.2, 0.25) is 0 Å². The molecule has 0 unspecified atom stereocenters. The summed E-state index contributed by atoms with van der Waals surface area (Å²) in [5.74, 6) is 0. The highest BCUT2D eigenvalue weighted by Crippen LogP contribution is 2.38. The first kappa shape index (κ1) is 35.5. The van der Waals surface area contributed by atoms with Gasteiger partial charge in [0.1, 0.15) is 0 Å². The molecule has 0 saturated carbocycles. The third kappa shape index (κ3) is 7.58. The summed E-state index contributed by atoms with van der Waals surface area (Å²) in [4.78, 5) is 7.12. The van der Waals surface area contributed by atoms with Gasteiger partial charge in [0.25, 0.3) is 16.6 Å². The monoisotopic (exact) mass is 742 g/mol. The fourth-order valence-electron chi connectivity index (χ4n) is 6.84.